The highest BCUT2D eigenvalue weighted by Gasteiger charge is 2.02. The first-order chi connectivity index (χ1) is 8.31. The van der Waals surface area contributed by atoms with Crippen molar-refractivity contribution in [1.82, 2.24) is 0 Å². The van der Waals surface area contributed by atoms with Gasteiger partial charge in [-0.15, -0.1) is 22.9 Å². The summed E-state index contributed by atoms with van der Waals surface area (Å²) in [6, 6.07) is 10.0. The van der Waals surface area contributed by atoms with Crippen molar-refractivity contribution in [3.8, 4) is 10.8 Å². The molecule has 0 saturated carbocycles. The maximum absolute atomic E-state index is 5.78. The number of thiophene rings is 1. The van der Waals surface area contributed by atoms with Gasteiger partial charge in [0.15, 0.2) is 5.06 Å². The first-order valence-corrected chi connectivity index (χ1v) is 7.13. The zero-order valence-corrected chi connectivity index (χ0v) is 11.4. The molecule has 1 aromatic heterocycles. The molecule has 0 spiro atoms. The van der Waals surface area contributed by atoms with Crippen LogP contribution in [0.3, 0.4) is 0 Å². The Labute approximate surface area is 111 Å². The lowest BCUT2D eigenvalue weighted by Crippen LogP contribution is -1.82. The molecule has 90 valence electrons. The number of alkyl halides is 1. The smallest absolute Gasteiger partial charge is 0.181 e. The molecule has 0 saturated heterocycles. The van der Waals surface area contributed by atoms with Gasteiger partial charge in [-0.3, -0.25) is 0 Å². The summed E-state index contributed by atoms with van der Waals surface area (Å²) in [6.45, 7) is 2.18. The van der Waals surface area contributed by atoms with Crippen LogP contribution in [0.5, 0.6) is 10.8 Å². The molecule has 2 rings (SSSR count). The number of halogens is 1. The molecule has 0 aliphatic rings. The number of hydrogen-bond acceptors (Lipinski definition) is 2. The molecular weight excluding hydrogens is 252 g/mol. The minimum Gasteiger partial charge on any atom is -0.447 e. The van der Waals surface area contributed by atoms with Crippen molar-refractivity contribution in [2.24, 2.45) is 0 Å². The number of aryl methyl sites for hydroxylation is 1. The number of hydrogen-bond donors (Lipinski definition) is 0. The van der Waals surface area contributed by atoms with E-state index in [2.05, 4.69) is 18.4 Å². The van der Waals surface area contributed by atoms with E-state index < -0.39 is 0 Å². The lowest BCUT2D eigenvalue weighted by atomic mass is 10.2. The molecule has 0 unspecified atom stereocenters. The second kappa shape index (κ2) is 6.08. The van der Waals surface area contributed by atoms with Gasteiger partial charge >= 0.3 is 0 Å². The fourth-order valence-electron chi connectivity index (χ4n) is 1.59. The van der Waals surface area contributed by atoms with Gasteiger partial charge < -0.3 is 4.74 Å². The van der Waals surface area contributed by atoms with Gasteiger partial charge in [0.05, 0.1) is 0 Å². The van der Waals surface area contributed by atoms with E-state index in [0.717, 1.165) is 22.8 Å². The van der Waals surface area contributed by atoms with Crippen molar-refractivity contribution < 1.29 is 4.74 Å². The topological polar surface area (TPSA) is 9.23 Å². The van der Waals surface area contributed by atoms with Crippen LogP contribution in [-0.4, -0.2) is 0 Å². The maximum atomic E-state index is 5.78. The highest BCUT2D eigenvalue weighted by Crippen LogP contribution is 2.29. The van der Waals surface area contributed by atoms with Gasteiger partial charge in [0.1, 0.15) is 5.75 Å². The third-order valence-electron chi connectivity index (χ3n) is 2.46. The van der Waals surface area contributed by atoms with Crippen LogP contribution in [0.1, 0.15) is 24.5 Å². The monoisotopic (exact) mass is 266 g/mol. The van der Waals surface area contributed by atoms with E-state index in [-0.39, 0.29) is 0 Å². The minimum absolute atomic E-state index is 0.542. The Bertz CT molecular complexity index is 461. The van der Waals surface area contributed by atoms with Gasteiger partial charge in [-0.05, 0) is 41.1 Å². The molecule has 2 aromatic rings. The molecule has 0 aliphatic heterocycles. The average Bonchev–Trinajstić information content (AvgIpc) is 2.78. The second-order valence-corrected chi connectivity index (χ2v) is 5.04. The molecule has 17 heavy (non-hydrogen) atoms. The van der Waals surface area contributed by atoms with E-state index in [1.54, 1.807) is 11.3 Å². The van der Waals surface area contributed by atoms with Gasteiger partial charge in [-0.2, -0.15) is 0 Å². The largest absolute Gasteiger partial charge is 0.447 e. The summed E-state index contributed by atoms with van der Waals surface area (Å²) in [7, 11) is 0. The summed E-state index contributed by atoms with van der Waals surface area (Å²) in [5, 5.41) is 3.11. The summed E-state index contributed by atoms with van der Waals surface area (Å²) >= 11 is 7.38. The van der Waals surface area contributed by atoms with Crippen LogP contribution in [0.15, 0.2) is 35.7 Å². The van der Waals surface area contributed by atoms with Crippen LogP contribution in [0, 0.1) is 0 Å². The molecule has 3 heteroatoms. The molecule has 0 atom stereocenters. The molecule has 1 nitrogen and oxygen atoms in total. The Balaban J connectivity index is 2.03. The van der Waals surface area contributed by atoms with Crippen LogP contribution in [0.25, 0.3) is 0 Å². The average molecular weight is 267 g/mol. The first kappa shape index (κ1) is 12.5. The molecule has 0 aliphatic carbocycles. The van der Waals surface area contributed by atoms with Crippen molar-refractivity contribution in [3.05, 3.63) is 46.8 Å². The van der Waals surface area contributed by atoms with Gasteiger partial charge in [0.2, 0.25) is 0 Å². The highest BCUT2D eigenvalue weighted by molar-refractivity contribution is 7.12. The van der Waals surface area contributed by atoms with Gasteiger partial charge in [-0.1, -0.05) is 25.5 Å². The third kappa shape index (κ3) is 3.48. The minimum atomic E-state index is 0.542. The second-order valence-electron chi connectivity index (χ2n) is 3.90. The van der Waals surface area contributed by atoms with E-state index in [0.29, 0.717) is 5.88 Å². The standard InChI is InChI=1S/C14H15ClOS/c1-2-3-12-8-14(17-10-12)16-13-6-4-11(9-15)5-7-13/h4-8,10H,2-3,9H2,1H3. The van der Waals surface area contributed by atoms with Crippen molar-refractivity contribution >= 4 is 22.9 Å². The molecule has 0 N–H and O–H groups in total. The zero-order chi connectivity index (χ0) is 12.1. The Hall–Kier alpha value is -0.990. The van der Waals surface area contributed by atoms with Crippen molar-refractivity contribution in [3.63, 3.8) is 0 Å². The molecule has 0 amide bonds. The summed E-state index contributed by atoms with van der Waals surface area (Å²) in [5.74, 6) is 1.41. The summed E-state index contributed by atoms with van der Waals surface area (Å²) < 4.78 is 5.78. The van der Waals surface area contributed by atoms with Gasteiger partial charge in [0, 0.05) is 5.88 Å². The van der Waals surface area contributed by atoms with Crippen molar-refractivity contribution in [2.45, 2.75) is 25.6 Å². The Kier molecular flexibility index (Phi) is 4.46. The lowest BCUT2D eigenvalue weighted by molar-refractivity contribution is 0.496. The summed E-state index contributed by atoms with van der Waals surface area (Å²) in [5.41, 5.74) is 2.46. The molecular formula is C14H15ClOS. The van der Waals surface area contributed by atoms with Crippen LogP contribution in [0.2, 0.25) is 0 Å². The van der Waals surface area contributed by atoms with E-state index in [1.807, 2.05) is 24.3 Å². The normalized spacial score (nSPS) is 10.5. The summed E-state index contributed by atoms with van der Waals surface area (Å²) in [6.07, 6.45) is 2.28. The number of rotatable bonds is 5. The van der Waals surface area contributed by atoms with E-state index in [4.69, 9.17) is 16.3 Å². The van der Waals surface area contributed by atoms with Crippen LogP contribution < -0.4 is 4.74 Å². The molecule has 0 radical (unpaired) electrons. The molecule has 0 bridgehead atoms. The fraction of sp³-hybridized carbons (Fsp3) is 0.286. The van der Waals surface area contributed by atoms with E-state index in [9.17, 15) is 0 Å². The molecule has 0 fully saturated rings. The number of ether oxygens (including phenoxy) is 1. The highest BCUT2D eigenvalue weighted by atomic mass is 35.5. The van der Waals surface area contributed by atoms with Gasteiger partial charge in [-0.25, -0.2) is 0 Å². The molecule has 1 heterocycles. The fourth-order valence-corrected chi connectivity index (χ4v) is 2.58. The predicted octanol–water partition coefficient (Wildman–Crippen LogP) is 5.23. The zero-order valence-electron chi connectivity index (χ0n) is 9.78. The Morgan fingerprint density at radius 2 is 1.94 bits per heavy atom. The number of benzene rings is 1. The quantitative estimate of drug-likeness (QED) is 0.673. The predicted molar refractivity (Wildman–Crippen MR) is 74.4 cm³/mol. The summed E-state index contributed by atoms with van der Waals surface area (Å²) in [4.78, 5) is 0. The SMILES string of the molecule is CCCc1csc(Oc2ccc(CCl)cc2)c1. The van der Waals surface area contributed by atoms with Crippen molar-refractivity contribution in [2.75, 3.05) is 0 Å². The van der Waals surface area contributed by atoms with Crippen LogP contribution >= 0.6 is 22.9 Å². The van der Waals surface area contributed by atoms with E-state index in [1.165, 1.54) is 12.0 Å². The Morgan fingerprint density at radius 3 is 2.59 bits per heavy atom. The maximum Gasteiger partial charge on any atom is 0.181 e. The Morgan fingerprint density at radius 1 is 1.18 bits per heavy atom. The van der Waals surface area contributed by atoms with Crippen LogP contribution in [-0.2, 0) is 12.3 Å². The van der Waals surface area contributed by atoms with Crippen molar-refractivity contribution in [1.29, 1.82) is 0 Å². The van der Waals surface area contributed by atoms with E-state index >= 15 is 0 Å². The third-order valence-corrected chi connectivity index (χ3v) is 3.63. The first-order valence-electron chi connectivity index (χ1n) is 5.72. The lowest BCUT2D eigenvalue weighted by Gasteiger charge is -2.03. The van der Waals surface area contributed by atoms with Crippen LogP contribution in [0.4, 0.5) is 0 Å². The molecule has 1 aromatic carbocycles. The van der Waals surface area contributed by atoms with Gasteiger partial charge in [0.25, 0.3) is 0 Å².